The number of carboxylic acids is 1. The van der Waals surface area contributed by atoms with Crippen LogP contribution < -0.4 is 5.32 Å². The van der Waals surface area contributed by atoms with Crippen molar-refractivity contribution in [3.05, 3.63) is 23.4 Å². The summed E-state index contributed by atoms with van der Waals surface area (Å²) >= 11 is 0. The Balaban J connectivity index is 2.13. The maximum Gasteiger partial charge on any atom is 0.325 e. The van der Waals surface area contributed by atoms with E-state index in [1.54, 1.807) is 6.92 Å². The van der Waals surface area contributed by atoms with E-state index in [-0.39, 0.29) is 0 Å². The minimum absolute atomic E-state index is 0.621. The van der Waals surface area contributed by atoms with Crippen molar-refractivity contribution >= 4 is 11.8 Å². The summed E-state index contributed by atoms with van der Waals surface area (Å²) in [6.45, 7) is 3.34. The number of fused-ring (bicyclic) bond motifs is 1. The minimum atomic E-state index is -0.876. The Morgan fingerprint density at radius 1 is 1.56 bits per heavy atom. The molecule has 0 radical (unpaired) electrons. The van der Waals surface area contributed by atoms with E-state index >= 15 is 0 Å². The molecular weight excluding hydrogens is 206 g/mol. The lowest BCUT2D eigenvalue weighted by Gasteiger charge is -2.10. The van der Waals surface area contributed by atoms with Gasteiger partial charge in [-0.2, -0.15) is 0 Å². The smallest absolute Gasteiger partial charge is 0.325 e. The lowest BCUT2D eigenvalue weighted by Crippen LogP contribution is -2.26. The van der Waals surface area contributed by atoms with Gasteiger partial charge in [-0.25, -0.2) is 4.98 Å². The van der Waals surface area contributed by atoms with E-state index in [0.717, 1.165) is 18.8 Å². The molecule has 0 saturated heterocycles. The monoisotopic (exact) mass is 221 g/mol. The average molecular weight is 221 g/mol. The third-order valence-corrected chi connectivity index (χ3v) is 2.66. The first-order valence-corrected chi connectivity index (χ1v) is 5.23. The summed E-state index contributed by atoms with van der Waals surface area (Å²) < 4.78 is 0. The molecule has 0 saturated carbocycles. The van der Waals surface area contributed by atoms with Crippen molar-refractivity contribution in [3.63, 3.8) is 0 Å². The van der Waals surface area contributed by atoms with Crippen LogP contribution in [0, 0.1) is 0 Å². The fourth-order valence-electron chi connectivity index (χ4n) is 1.78. The third kappa shape index (κ3) is 2.14. The third-order valence-electron chi connectivity index (χ3n) is 2.66. The summed E-state index contributed by atoms with van der Waals surface area (Å²) in [7, 11) is 2.04. The van der Waals surface area contributed by atoms with Crippen LogP contribution in [0.15, 0.2) is 12.1 Å². The van der Waals surface area contributed by atoms with Gasteiger partial charge in [0, 0.05) is 13.1 Å². The van der Waals surface area contributed by atoms with Gasteiger partial charge in [0.2, 0.25) is 0 Å². The van der Waals surface area contributed by atoms with Crippen LogP contribution in [-0.2, 0) is 17.9 Å². The van der Waals surface area contributed by atoms with Crippen LogP contribution in [0.2, 0.25) is 0 Å². The number of carbonyl (C=O) groups is 1. The predicted octanol–water partition coefficient (Wildman–Crippen LogP) is 0.912. The van der Waals surface area contributed by atoms with Gasteiger partial charge < -0.3 is 10.4 Å². The van der Waals surface area contributed by atoms with Gasteiger partial charge in [-0.3, -0.25) is 9.69 Å². The van der Waals surface area contributed by atoms with Crippen LogP contribution in [-0.4, -0.2) is 34.0 Å². The van der Waals surface area contributed by atoms with E-state index in [1.165, 1.54) is 5.56 Å². The van der Waals surface area contributed by atoms with E-state index in [0.29, 0.717) is 5.82 Å². The van der Waals surface area contributed by atoms with E-state index < -0.39 is 12.0 Å². The maximum absolute atomic E-state index is 10.7. The Morgan fingerprint density at radius 3 is 3.00 bits per heavy atom. The average Bonchev–Trinajstić information content (AvgIpc) is 2.57. The van der Waals surface area contributed by atoms with Crippen molar-refractivity contribution in [3.8, 4) is 0 Å². The van der Waals surface area contributed by atoms with E-state index in [2.05, 4.69) is 15.2 Å². The molecule has 0 aromatic carbocycles. The van der Waals surface area contributed by atoms with Gasteiger partial charge in [0.25, 0.3) is 0 Å². The highest BCUT2D eigenvalue weighted by atomic mass is 16.4. The summed E-state index contributed by atoms with van der Waals surface area (Å²) in [5.74, 6) is -0.247. The molecule has 0 aliphatic carbocycles. The van der Waals surface area contributed by atoms with Crippen LogP contribution in [0.5, 0.6) is 0 Å². The molecule has 16 heavy (non-hydrogen) atoms. The summed E-state index contributed by atoms with van der Waals surface area (Å²) in [4.78, 5) is 17.3. The highest BCUT2D eigenvalue weighted by Crippen LogP contribution is 2.21. The van der Waals surface area contributed by atoms with Gasteiger partial charge in [-0.15, -0.1) is 0 Å². The second-order valence-electron chi connectivity index (χ2n) is 4.18. The number of aromatic nitrogens is 1. The van der Waals surface area contributed by atoms with E-state index in [1.807, 2.05) is 19.2 Å². The Bertz CT molecular complexity index is 420. The first-order valence-electron chi connectivity index (χ1n) is 5.23. The summed E-state index contributed by atoms with van der Waals surface area (Å²) in [6.07, 6.45) is 0. The number of nitrogens with one attached hydrogen (secondary N) is 1. The standard InChI is InChI=1S/C11H15N3O2/c1-7(11(15)16)12-10-4-3-8-5-14(2)6-9(8)13-10/h3-4,7H,5-6H2,1-2H3,(H,12,13)(H,15,16). The second kappa shape index (κ2) is 4.09. The van der Waals surface area contributed by atoms with Gasteiger partial charge in [-0.05, 0) is 25.6 Å². The molecular formula is C11H15N3O2. The zero-order valence-corrected chi connectivity index (χ0v) is 9.40. The highest BCUT2D eigenvalue weighted by molar-refractivity contribution is 5.76. The zero-order chi connectivity index (χ0) is 11.7. The largest absolute Gasteiger partial charge is 0.480 e. The van der Waals surface area contributed by atoms with E-state index in [9.17, 15) is 4.79 Å². The Labute approximate surface area is 94.1 Å². The molecule has 0 bridgehead atoms. The fourth-order valence-corrected chi connectivity index (χ4v) is 1.78. The van der Waals surface area contributed by atoms with Gasteiger partial charge >= 0.3 is 5.97 Å². The Hall–Kier alpha value is -1.62. The SMILES string of the molecule is CC(Nc1ccc2c(n1)CN(C)C2)C(=O)O. The lowest BCUT2D eigenvalue weighted by molar-refractivity contribution is -0.137. The zero-order valence-electron chi connectivity index (χ0n) is 9.40. The molecule has 1 aromatic rings. The van der Waals surface area contributed by atoms with Crippen molar-refractivity contribution in [2.75, 3.05) is 12.4 Å². The molecule has 86 valence electrons. The van der Waals surface area contributed by atoms with Gasteiger partial charge in [0.1, 0.15) is 11.9 Å². The first kappa shape index (κ1) is 10.9. The minimum Gasteiger partial charge on any atom is -0.480 e. The molecule has 2 heterocycles. The molecule has 1 aliphatic rings. The molecule has 1 unspecified atom stereocenters. The number of rotatable bonds is 3. The van der Waals surface area contributed by atoms with Crippen LogP contribution in [0.1, 0.15) is 18.2 Å². The molecule has 5 heteroatoms. The molecule has 1 atom stereocenters. The van der Waals surface area contributed by atoms with E-state index in [4.69, 9.17) is 5.11 Å². The Morgan fingerprint density at radius 2 is 2.31 bits per heavy atom. The molecule has 2 N–H and O–H groups in total. The molecule has 5 nitrogen and oxygen atoms in total. The number of hydrogen-bond donors (Lipinski definition) is 2. The molecule has 0 spiro atoms. The Kier molecular flexibility index (Phi) is 2.78. The van der Waals surface area contributed by atoms with Crippen molar-refractivity contribution in [2.45, 2.75) is 26.1 Å². The van der Waals surface area contributed by atoms with Crippen molar-refractivity contribution in [1.82, 2.24) is 9.88 Å². The number of nitrogens with zero attached hydrogens (tertiary/aromatic N) is 2. The molecule has 1 aromatic heterocycles. The number of pyridine rings is 1. The van der Waals surface area contributed by atoms with Crippen molar-refractivity contribution in [2.24, 2.45) is 0 Å². The fraction of sp³-hybridized carbons (Fsp3) is 0.455. The van der Waals surface area contributed by atoms with Crippen LogP contribution in [0.25, 0.3) is 0 Å². The van der Waals surface area contributed by atoms with Gasteiger partial charge in [0.05, 0.1) is 5.69 Å². The normalized spacial score (nSPS) is 16.9. The number of aliphatic carboxylic acids is 1. The lowest BCUT2D eigenvalue weighted by atomic mass is 10.2. The summed E-state index contributed by atoms with van der Waals surface area (Å²) in [5.41, 5.74) is 2.25. The summed E-state index contributed by atoms with van der Waals surface area (Å²) in [5, 5.41) is 11.6. The van der Waals surface area contributed by atoms with Crippen LogP contribution >= 0.6 is 0 Å². The van der Waals surface area contributed by atoms with Crippen LogP contribution in [0.4, 0.5) is 5.82 Å². The summed E-state index contributed by atoms with van der Waals surface area (Å²) in [6, 6.07) is 3.21. The van der Waals surface area contributed by atoms with Gasteiger partial charge in [-0.1, -0.05) is 6.07 Å². The van der Waals surface area contributed by atoms with Gasteiger partial charge in [0.15, 0.2) is 0 Å². The van der Waals surface area contributed by atoms with Crippen molar-refractivity contribution in [1.29, 1.82) is 0 Å². The quantitative estimate of drug-likeness (QED) is 0.794. The molecule has 0 fully saturated rings. The maximum atomic E-state index is 10.7. The molecule has 0 amide bonds. The molecule has 1 aliphatic heterocycles. The number of carboxylic acid groups (broad SMARTS) is 1. The van der Waals surface area contributed by atoms with Crippen LogP contribution in [0.3, 0.4) is 0 Å². The molecule has 2 rings (SSSR count). The first-order chi connectivity index (χ1) is 7.56. The number of anilines is 1. The number of hydrogen-bond acceptors (Lipinski definition) is 4. The van der Waals surface area contributed by atoms with Crippen molar-refractivity contribution < 1.29 is 9.90 Å². The second-order valence-corrected chi connectivity index (χ2v) is 4.18. The predicted molar refractivity (Wildman–Crippen MR) is 60.1 cm³/mol. The topological polar surface area (TPSA) is 65.5 Å². The highest BCUT2D eigenvalue weighted by Gasteiger charge is 2.18.